The van der Waals surface area contributed by atoms with E-state index in [4.69, 9.17) is 0 Å². The van der Waals surface area contributed by atoms with Crippen LogP contribution in [0.15, 0.2) is 36.5 Å². The van der Waals surface area contributed by atoms with Gasteiger partial charge in [0.15, 0.2) is 5.69 Å². The summed E-state index contributed by atoms with van der Waals surface area (Å²) in [5.41, 5.74) is 0.0659. The lowest BCUT2D eigenvalue weighted by atomic mass is 10.1. The summed E-state index contributed by atoms with van der Waals surface area (Å²) in [6.07, 6.45) is -2.06. The zero-order valence-corrected chi connectivity index (χ0v) is 16.1. The van der Waals surface area contributed by atoms with Crippen molar-refractivity contribution in [3.8, 4) is 5.69 Å². The van der Waals surface area contributed by atoms with Crippen molar-refractivity contribution in [2.45, 2.75) is 26.4 Å². The van der Waals surface area contributed by atoms with Gasteiger partial charge in [0.25, 0.3) is 5.91 Å². The van der Waals surface area contributed by atoms with Crippen molar-refractivity contribution in [3.05, 3.63) is 47.8 Å². The van der Waals surface area contributed by atoms with Gasteiger partial charge in [-0.1, -0.05) is 13.8 Å². The average molecular weight is 394 g/mol. The van der Waals surface area contributed by atoms with E-state index in [0.717, 1.165) is 36.8 Å². The van der Waals surface area contributed by atoms with Crippen LogP contribution in [-0.2, 0) is 6.18 Å². The lowest BCUT2D eigenvalue weighted by Crippen LogP contribution is -2.49. The van der Waals surface area contributed by atoms with Gasteiger partial charge in [-0.15, -0.1) is 0 Å². The van der Waals surface area contributed by atoms with Gasteiger partial charge in [-0.2, -0.15) is 18.3 Å². The lowest BCUT2D eigenvalue weighted by molar-refractivity contribution is -0.141. The first-order valence-corrected chi connectivity index (χ1v) is 9.49. The van der Waals surface area contributed by atoms with E-state index in [1.54, 1.807) is 24.3 Å². The number of piperazine rings is 1. The molecule has 1 aromatic carbocycles. The Morgan fingerprint density at radius 3 is 2.25 bits per heavy atom. The Balaban J connectivity index is 1.59. The third-order valence-corrected chi connectivity index (χ3v) is 4.94. The van der Waals surface area contributed by atoms with Crippen LogP contribution in [0.3, 0.4) is 0 Å². The molecule has 28 heavy (non-hydrogen) atoms. The summed E-state index contributed by atoms with van der Waals surface area (Å²) in [7, 11) is 0. The molecule has 0 atom stereocenters. The Morgan fingerprint density at radius 2 is 1.71 bits per heavy atom. The molecule has 0 aliphatic carbocycles. The fourth-order valence-electron chi connectivity index (χ4n) is 3.17. The van der Waals surface area contributed by atoms with Gasteiger partial charge in [0, 0.05) is 37.9 Å². The van der Waals surface area contributed by atoms with Crippen molar-refractivity contribution < 1.29 is 18.0 Å². The molecule has 0 unspecified atom stereocenters. The second kappa shape index (κ2) is 8.34. The zero-order valence-electron chi connectivity index (χ0n) is 16.1. The van der Waals surface area contributed by atoms with Gasteiger partial charge >= 0.3 is 6.18 Å². The van der Waals surface area contributed by atoms with E-state index in [0.29, 0.717) is 30.3 Å². The minimum atomic E-state index is -4.47. The predicted octanol–water partition coefficient (Wildman–Crippen LogP) is 3.70. The Morgan fingerprint density at radius 1 is 1.07 bits per heavy atom. The smallest absolute Gasteiger partial charge is 0.336 e. The molecule has 1 fully saturated rings. The molecule has 152 valence electrons. The SMILES string of the molecule is CC(C)CCN1CCN(C(=O)c2ccc(-n3ccc(C(F)(F)F)n3)cc2)CC1. The first-order valence-electron chi connectivity index (χ1n) is 9.49. The maximum Gasteiger partial charge on any atom is 0.435 e. The number of nitrogens with zero attached hydrogens (tertiary/aromatic N) is 4. The van der Waals surface area contributed by atoms with Crippen molar-refractivity contribution in [2.24, 2.45) is 5.92 Å². The van der Waals surface area contributed by atoms with Crippen LogP contribution in [0.5, 0.6) is 0 Å². The number of carbonyl (C=O) groups excluding carboxylic acids is 1. The van der Waals surface area contributed by atoms with E-state index in [9.17, 15) is 18.0 Å². The van der Waals surface area contributed by atoms with E-state index >= 15 is 0 Å². The summed E-state index contributed by atoms with van der Waals surface area (Å²) < 4.78 is 39.2. The van der Waals surface area contributed by atoms with Crippen LogP contribution in [0.25, 0.3) is 5.69 Å². The lowest BCUT2D eigenvalue weighted by Gasteiger charge is -2.35. The van der Waals surface area contributed by atoms with Crippen molar-refractivity contribution in [1.82, 2.24) is 19.6 Å². The van der Waals surface area contributed by atoms with E-state index in [1.807, 2.05) is 4.90 Å². The summed E-state index contributed by atoms with van der Waals surface area (Å²) in [6.45, 7) is 8.57. The highest BCUT2D eigenvalue weighted by Gasteiger charge is 2.33. The molecule has 8 heteroatoms. The molecule has 0 bridgehead atoms. The topological polar surface area (TPSA) is 41.4 Å². The van der Waals surface area contributed by atoms with Gasteiger partial charge in [-0.3, -0.25) is 9.69 Å². The quantitative estimate of drug-likeness (QED) is 0.777. The third kappa shape index (κ3) is 4.92. The van der Waals surface area contributed by atoms with Crippen LogP contribution in [0.1, 0.15) is 36.3 Å². The molecule has 1 saturated heterocycles. The van der Waals surface area contributed by atoms with Gasteiger partial charge < -0.3 is 4.90 Å². The number of aromatic nitrogens is 2. The van der Waals surface area contributed by atoms with E-state index in [1.165, 1.54) is 6.20 Å². The van der Waals surface area contributed by atoms with E-state index in [-0.39, 0.29) is 5.91 Å². The van der Waals surface area contributed by atoms with Gasteiger partial charge in [0.1, 0.15) is 0 Å². The van der Waals surface area contributed by atoms with Crippen molar-refractivity contribution in [1.29, 1.82) is 0 Å². The molecule has 2 aromatic rings. The molecule has 0 spiro atoms. The zero-order chi connectivity index (χ0) is 20.3. The van der Waals surface area contributed by atoms with Crippen LogP contribution in [0, 0.1) is 5.92 Å². The first-order chi connectivity index (χ1) is 13.2. The number of benzene rings is 1. The van der Waals surface area contributed by atoms with Gasteiger partial charge in [-0.05, 0) is 49.2 Å². The Bertz CT molecular complexity index is 791. The van der Waals surface area contributed by atoms with Crippen molar-refractivity contribution in [2.75, 3.05) is 32.7 Å². The van der Waals surface area contributed by atoms with E-state index in [2.05, 4.69) is 23.8 Å². The number of amides is 1. The van der Waals surface area contributed by atoms with Crippen molar-refractivity contribution in [3.63, 3.8) is 0 Å². The normalized spacial score (nSPS) is 16.0. The summed E-state index contributed by atoms with van der Waals surface area (Å²) in [5.74, 6) is 0.617. The molecule has 1 aliphatic heterocycles. The van der Waals surface area contributed by atoms with Gasteiger partial charge in [-0.25, -0.2) is 4.68 Å². The third-order valence-electron chi connectivity index (χ3n) is 4.94. The highest BCUT2D eigenvalue weighted by atomic mass is 19.4. The van der Waals surface area contributed by atoms with Crippen LogP contribution in [0.4, 0.5) is 13.2 Å². The summed E-state index contributed by atoms with van der Waals surface area (Å²) in [4.78, 5) is 16.9. The molecule has 0 saturated carbocycles. The molecular weight excluding hydrogens is 369 g/mol. The molecule has 5 nitrogen and oxygen atoms in total. The minimum Gasteiger partial charge on any atom is -0.336 e. The largest absolute Gasteiger partial charge is 0.435 e. The summed E-state index contributed by atoms with van der Waals surface area (Å²) in [6, 6.07) is 7.42. The van der Waals surface area contributed by atoms with Crippen molar-refractivity contribution >= 4 is 5.91 Å². The van der Waals surface area contributed by atoms with Crippen LogP contribution in [0.2, 0.25) is 0 Å². The molecular formula is C20H25F3N4O. The van der Waals surface area contributed by atoms with Gasteiger partial charge in [0.05, 0.1) is 5.69 Å². The second-order valence-corrected chi connectivity index (χ2v) is 7.51. The Labute approximate surface area is 162 Å². The molecule has 1 amide bonds. The second-order valence-electron chi connectivity index (χ2n) is 7.51. The van der Waals surface area contributed by atoms with Crippen LogP contribution < -0.4 is 0 Å². The van der Waals surface area contributed by atoms with E-state index < -0.39 is 11.9 Å². The standard InChI is InChI=1S/C20H25F3N4O/c1-15(2)7-9-25-11-13-26(14-12-25)19(28)16-3-5-17(6-4-16)27-10-8-18(24-27)20(21,22)23/h3-6,8,10,15H,7,9,11-14H2,1-2H3. The number of hydrogen-bond donors (Lipinski definition) is 0. The summed E-state index contributed by atoms with van der Waals surface area (Å²) in [5, 5.41) is 3.55. The number of carbonyl (C=O) groups is 1. The summed E-state index contributed by atoms with van der Waals surface area (Å²) >= 11 is 0. The minimum absolute atomic E-state index is 0.0495. The Hall–Kier alpha value is -2.35. The number of rotatable bonds is 5. The van der Waals surface area contributed by atoms with Crippen LogP contribution >= 0.6 is 0 Å². The monoisotopic (exact) mass is 394 g/mol. The fourth-order valence-corrected chi connectivity index (χ4v) is 3.17. The van der Waals surface area contributed by atoms with Gasteiger partial charge in [0.2, 0.25) is 0 Å². The fraction of sp³-hybridized carbons (Fsp3) is 0.500. The molecule has 1 aliphatic rings. The number of halogens is 3. The molecule has 3 rings (SSSR count). The van der Waals surface area contributed by atoms with Crippen LogP contribution in [-0.4, -0.2) is 58.2 Å². The predicted molar refractivity (Wildman–Crippen MR) is 100 cm³/mol. The molecule has 2 heterocycles. The maximum atomic E-state index is 12.7. The highest BCUT2D eigenvalue weighted by molar-refractivity contribution is 5.94. The highest BCUT2D eigenvalue weighted by Crippen LogP contribution is 2.28. The Kier molecular flexibility index (Phi) is 6.07. The molecule has 1 aromatic heterocycles. The molecule has 0 radical (unpaired) electrons. The average Bonchev–Trinajstić information content (AvgIpc) is 3.17. The first kappa shape index (κ1) is 20.4. The number of alkyl halides is 3. The molecule has 0 N–H and O–H groups in total. The number of hydrogen-bond acceptors (Lipinski definition) is 3. The maximum absolute atomic E-state index is 12.7.